The Balaban J connectivity index is 2.17. The largest absolute Gasteiger partial charge is 0.506 e. The van der Waals surface area contributed by atoms with Gasteiger partial charge in [0.15, 0.2) is 12.4 Å². The first-order valence-corrected chi connectivity index (χ1v) is 7.26. The minimum atomic E-state index is -0.909. The number of ether oxygens (including phenoxy) is 2. The Hall–Kier alpha value is -3.35. The van der Waals surface area contributed by atoms with Crippen LogP contribution >= 0.6 is 0 Å². The molecule has 25 heavy (non-hydrogen) atoms. The molecule has 1 aromatic heterocycles. The van der Waals surface area contributed by atoms with E-state index in [1.807, 2.05) is 0 Å². The fourth-order valence-corrected chi connectivity index (χ4v) is 1.93. The molecule has 130 valence electrons. The van der Waals surface area contributed by atoms with E-state index in [0.717, 1.165) is 12.3 Å². The molecule has 0 bridgehead atoms. The Morgan fingerprint density at radius 1 is 1.32 bits per heavy atom. The average molecular weight is 344 g/mol. The Morgan fingerprint density at radius 2 is 2.08 bits per heavy atom. The molecule has 0 fully saturated rings. The summed E-state index contributed by atoms with van der Waals surface area (Å²) in [4.78, 5) is 34.8. The van der Waals surface area contributed by atoms with Gasteiger partial charge in [0.05, 0.1) is 7.11 Å². The molecule has 0 aliphatic carbocycles. The van der Waals surface area contributed by atoms with Gasteiger partial charge in [-0.15, -0.1) is 0 Å². The highest BCUT2D eigenvalue weighted by molar-refractivity contribution is 6.08. The number of methoxy groups -OCH3 is 1. The fourth-order valence-electron chi connectivity index (χ4n) is 1.93. The van der Waals surface area contributed by atoms with Gasteiger partial charge in [-0.3, -0.25) is 4.79 Å². The molecule has 0 aliphatic rings. The predicted molar refractivity (Wildman–Crippen MR) is 88.7 cm³/mol. The molecule has 1 N–H and O–H groups in total. The van der Waals surface area contributed by atoms with Crippen molar-refractivity contribution < 1.29 is 28.6 Å². The Labute approximate surface area is 143 Å². The third kappa shape index (κ3) is 4.57. The van der Waals surface area contributed by atoms with Gasteiger partial charge in [-0.05, 0) is 30.7 Å². The van der Waals surface area contributed by atoms with Crippen molar-refractivity contribution in [1.82, 2.24) is 0 Å². The van der Waals surface area contributed by atoms with Crippen LogP contribution in [0.3, 0.4) is 0 Å². The maximum atomic E-state index is 12.2. The molecule has 2 rings (SSSR count). The molecule has 7 heteroatoms. The van der Waals surface area contributed by atoms with Crippen LogP contribution in [-0.4, -0.2) is 30.6 Å². The lowest BCUT2D eigenvalue weighted by Crippen LogP contribution is -2.13. The van der Waals surface area contributed by atoms with Gasteiger partial charge in [0.1, 0.15) is 23.3 Å². The van der Waals surface area contributed by atoms with Crippen molar-refractivity contribution in [2.45, 2.75) is 6.92 Å². The van der Waals surface area contributed by atoms with E-state index in [1.165, 1.54) is 20.1 Å². The van der Waals surface area contributed by atoms with Crippen LogP contribution in [0.15, 0.2) is 45.8 Å². The van der Waals surface area contributed by atoms with Crippen LogP contribution in [0.25, 0.3) is 6.08 Å². The van der Waals surface area contributed by atoms with Gasteiger partial charge in [0.25, 0.3) is 0 Å². The highest BCUT2D eigenvalue weighted by Crippen LogP contribution is 2.20. The Morgan fingerprint density at radius 3 is 2.80 bits per heavy atom. The first kappa shape index (κ1) is 18.0. The summed E-state index contributed by atoms with van der Waals surface area (Å²) >= 11 is 0. The van der Waals surface area contributed by atoms with Crippen LogP contribution in [0, 0.1) is 6.92 Å². The first-order valence-electron chi connectivity index (χ1n) is 7.26. The number of aryl methyl sites for hydroxylation is 1. The summed E-state index contributed by atoms with van der Waals surface area (Å²) in [5.41, 5.74) is -0.441. The van der Waals surface area contributed by atoms with E-state index in [1.54, 1.807) is 24.3 Å². The lowest BCUT2D eigenvalue weighted by molar-refractivity contribution is -0.142. The third-order valence-electron chi connectivity index (χ3n) is 3.27. The molecule has 0 saturated heterocycles. The average Bonchev–Trinajstić information content (AvgIpc) is 2.61. The molecular weight excluding hydrogens is 328 g/mol. The zero-order valence-electron chi connectivity index (χ0n) is 13.6. The van der Waals surface area contributed by atoms with E-state index in [2.05, 4.69) is 4.74 Å². The van der Waals surface area contributed by atoms with Crippen LogP contribution in [0.1, 0.15) is 21.5 Å². The maximum Gasteiger partial charge on any atom is 0.350 e. The van der Waals surface area contributed by atoms with Crippen molar-refractivity contribution in [2.24, 2.45) is 0 Å². The van der Waals surface area contributed by atoms with Crippen molar-refractivity contribution in [3.8, 4) is 11.5 Å². The van der Waals surface area contributed by atoms with Gasteiger partial charge < -0.3 is 19.0 Å². The maximum absolute atomic E-state index is 12.2. The highest BCUT2D eigenvalue weighted by Gasteiger charge is 2.17. The molecule has 0 saturated carbocycles. The van der Waals surface area contributed by atoms with Crippen molar-refractivity contribution in [2.75, 3.05) is 13.7 Å². The monoisotopic (exact) mass is 344 g/mol. The van der Waals surface area contributed by atoms with Gasteiger partial charge in [-0.1, -0.05) is 18.2 Å². The van der Waals surface area contributed by atoms with Gasteiger partial charge in [0, 0.05) is 5.56 Å². The summed E-state index contributed by atoms with van der Waals surface area (Å²) in [6, 6.07) is 6.62. The normalized spacial score (nSPS) is 10.6. The minimum absolute atomic E-state index is 0.235. The molecule has 0 spiro atoms. The van der Waals surface area contributed by atoms with E-state index in [0.29, 0.717) is 11.3 Å². The number of aromatic hydroxyl groups is 1. The van der Waals surface area contributed by atoms with E-state index < -0.39 is 28.7 Å². The van der Waals surface area contributed by atoms with Crippen LogP contribution in [0.5, 0.6) is 11.5 Å². The van der Waals surface area contributed by atoms with Crippen LogP contribution in [-0.2, 0) is 9.53 Å². The molecule has 0 atom stereocenters. The van der Waals surface area contributed by atoms with Crippen molar-refractivity contribution in [3.63, 3.8) is 0 Å². The second-order valence-electron chi connectivity index (χ2n) is 5.06. The SMILES string of the molecule is COC(=O)COc1cccc(/C=C/C(=O)c2c(O)c(C)coc2=O)c1. The quantitative estimate of drug-likeness (QED) is 0.486. The summed E-state index contributed by atoms with van der Waals surface area (Å²) < 4.78 is 14.4. The second-order valence-corrected chi connectivity index (χ2v) is 5.06. The standard InChI is InChI=1S/C18H16O7/c1-11-9-25-18(22)16(17(11)21)14(19)7-6-12-4-3-5-13(8-12)24-10-15(20)23-2/h3-9,21H,10H2,1-2H3/b7-6+. The van der Waals surface area contributed by atoms with E-state index in [9.17, 15) is 19.5 Å². The van der Waals surface area contributed by atoms with Gasteiger partial charge >= 0.3 is 11.6 Å². The number of hydrogen-bond donors (Lipinski definition) is 1. The third-order valence-corrected chi connectivity index (χ3v) is 3.27. The number of rotatable bonds is 6. The molecule has 0 radical (unpaired) electrons. The van der Waals surface area contributed by atoms with Gasteiger partial charge in [-0.2, -0.15) is 0 Å². The number of carbonyl (C=O) groups is 2. The lowest BCUT2D eigenvalue weighted by atomic mass is 10.1. The number of allylic oxidation sites excluding steroid dienone is 1. The number of hydrogen-bond acceptors (Lipinski definition) is 7. The zero-order chi connectivity index (χ0) is 18.4. The molecule has 7 nitrogen and oxygen atoms in total. The first-order chi connectivity index (χ1) is 11.9. The summed E-state index contributed by atoms with van der Waals surface area (Å²) in [6.45, 7) is 1.28. The van der Waals surface area contributed by atoms with Crippen molar-refractivity contribution in [1.29, 1.82) is 0 Å². The number of benzene rings is 1. The van der Waals surface area contributed by atoms with Gasteiger partial charge in [0.2, 0.25) is 0 Å². The molecule has 0 aliphatic heterocycles. The minimum Gasteiger partial charge on any atom is -0.506 e. The molecule has 0 unspecified atom stereocenters. The Kier molecular flexibility index (Phi) is 5.73. The Bertz CT molecular complexity index is 877. The summed E-state index contributed by atoms with van der Waals surface area (Å²) in [6.07, 6.45) is 3.68. The molecule has 0 amide bonds. The van der Waals surface area contributed by atoms with E-state index >= 15 is 0 Å². The van der Waals surface area contributed by atoms with E-state index in [4.69, 9.17) is 9.15 Å². The number of carbonyl (C=O) groups excluding carboxylic acids is 2. The van der Waals surface area contributed by atoms with E-state index in [-0.39, 0.29) is 12.2 Å². The van der Waals surface area contributed by atoms with Crippen LogP contribution in [0.4, 0.5) is 0 Å². The second kappa shape index (κ2) is 7.96. The molecule has 2 aromatic rings. The smallest absolute Gasteiger partial charge is 0.350 e. The van der Waals surface area contributed by atoms with Crippen molar-refractivity contribution in [3.05, 3.63) is 63.7 Å². The summed E-state index contributed by atoms with van der Waals surface area (Å²) in [7, 11) is 1.26. The molecule has 1 heterocycles. The topological polar surface area (TPSA) is 103 Å². The summed E-state index contributed by atoms with van der Waals surface area (Å²) in [5, 5.41) is 9.86. The summed E-state index contributed by atoms with van der Waals surface area (Å²) in [5.74, 6) is -1.19. The fraction of sp³-hybridized carbons (Fsp3) is 0.167. The highest BCUT2D eigenvalue weighted by atomic mass is 16.6. The predicted octanol–water partition coefficient (Wildman–Crippen LogP) is 2.10. The van der Waals surface area contributed by atoms with Gasteiger partial charge in [-0.25, -0.2) is 9.59 Å². The molecular formula is C18H16O7. The zero-order valence-corrected chi connectivity index (χ0v) is 13.6. The molecule has 1 aromatic carbocycles. The van der Waals surface area contributed by atoms with Crippen LogP contribution < -0.4 is 10.4 Å². The number of esters is 1. The van der Waals surface area contributed by atoms with Crippen LogP contribution in [0.2, 0.25) is 0 Å². The lowest BCUT2D eigenvalue weighted by Gasteiger charge is -2.05. The number of ketones is 1. The van der Waals surface area contributed by atoms with Crippen molar-refractivity contribution >= 4 is 17.8 Å².